The molecule has 0 saturated carbocycles. The zero-order valence-electron chi connectivity index (χ0n) is 11.1. The molecule has 0 amide bonds. The summed E-state index contributed by atoms with van der Waals surface area (Å²) in [5.41, 5.74) is 1.08. The Morgan fingerprint density at radius 3 is 2.78 bits per heavy atom. The number of hydrogen-bond donors (Lipinski definition) is 1. The molecule has 0 spiro atoms. The van der Waals surface area contributed by atoms with Crippen LogP contribution in [0.5, 0.6) is 5.75 Å². The van der Waals surface area contributed by atoms with Crippen LogP contribution in [0.3, 0.4) is 0 Å². The molecule has 0 atom stereocenters. The van der Waals surface area contributed by atoms with E-state index < -0.39 is 0 Å². The van der Waals surface area contributed by atoms with E-state index >= 15 is 0 Å². The van der Waals surface area contributed by atoms with Crippen LogP contribution in [0.25, 0.3) is 0 Å². The number of anilines is 1. The topological polar surface area (TPSA) is 24.5 Å². The van der Waals surface area contributed by atoms with Gasteiger partial charge < -0.3 is 15.0 Å². The van der Waals surface area contributed by atoms with Crippen LogP contribution < -0.4 is 10.1 Å². The molecular weight excluding hydrogens is 248 g/mol. The summed E-state index contributed by atoms with van der Waals surface area (Å²) in [6, 6.07) is 5.83. The second kappa shape index (κ2) is 6.30. The molecule has 1 aromatic rings. The first-order valence-electron chi connectivity index (χ1n) is 6.45. The number of hydrogen-bond acceptors (Lipinski definition) is 3. The number of piperidine rings is 1. The number of halogens is 1. The molecule has 1 aromatic carbocycles. The van der Waals surface area contributed by atoms with Crippen molar-refractivity contribution in [3.05, 3.63) is 23.2 Å². The lowest BCUT2D eigenvalue weighted by atomic mass is 9.97. The number of likely N-dealkylation sites (tertiary alicyclic amines) is 1. The van der Waals surface area contributed by atoms with Crippen molar-refractivity contribution in [1.82, 2.24) is 4.90 Å². The van der Waals surface area contributed by atoms with Crippen molar-refractivity contribution in [2.75, 3.05) is 39.1 Å². The van der Waals surface area contributed by atoms with Gasteiger partial charge in [0.05, 0.1) is 12.1 Å². The van der Waals surface area contributed by atoms with Crippen molar-refractivity contribution in [1.29, 1.82) is 0 Å². The Balaban J connectivity index is 1.86. The van der Waals surface area contributed by atoms with E-state index in [1.807, 2.05) is 18.2 Å². The van der Waals surface area contributed by atoms with Gasteiger partial charge in [0.2, 0.25) is 0 Å². The van der Waals surface area contributed by atoms with E-state index in [0.29, 0.717) is 5.02 Å². The molecule has 0 aliphatic carbocycles. The Morgan fingerprint density at radius 1 is 1.39 bits per heavy atom. The van der Waals surface area contributed by atoms with Gasteiger partial charge in [0, 0.05) is 18.3 Å². The van der Waals surface area contributed by atoms with Crippen molar-refractivity contribution in [3.8, 4) is 5.75 Å². The van der Waals surface area contributed by atoms with E-state index in [2.05, 4.69) is 17.3 Å². The lowest BCUT2D eigenvalue weighted by Crippen LogP contribution is -2.32. The molecule has 0 radical (unpaired) electrons. The van der Waals surface area contributed by atoms with Gasteiger partial charge in [-0.15, -0.1) is 0 Å². The fraction of sp³-hybridized carbons (Fsp3) is 0.571. The highest BCUT2D eigenvalue weighted by Gasteiger charge is 2.16. The smallest absolute Gasteiger partial charge is 0.139 e. The quantitative estimate of drug-likeness (QED) is 0.908. The van der Waals surface area contributed by atoms with E-state index in [-0.39, 0.29) is 0 Å². The van der Waals surface area contributed by atoms with Crippen LogP contribution in [0.1, 0.15) is 12.8 Å². The Bertz CT molecular complexity index is 389. The van der Waals surface area contributed by atoms with Crippen LogP contribution in [0.2, 0.25) is 5.02 Å². The van der Waals surface area contributed by atoms with Crippen LogP contribution in [-0.2, 0) is 0 Å². The Labute approximate surface area is 114 Å². The predicted octanol–water partition coefficient (Wildman–Crippen LogP) is 3.10. The van der Waals surface area contributed by atoms with Crippen LogP contribution in [0, 0.1) is 5.92 Å². The number of nitrogens with zero attached hydrogens (tertiary/aromatic N) is 1. The molecule has 2 rings (SSSR count). The average Bonchev–Trinajstić information content (AvgIpc) is 2.39. The fourth-order valence-electron chi connectivity index (χ4n) is 2.30. The normalized spacial score (nSPS) is 17.7. The van der Waals surface area contributed by atoms with Gasteiger partial charge in [-0.05, 0) is 51.0 Å². The third kappa shape index (κ3) is 3.53. The summed E-state index contributed by atoms with van der Waals surface area (Å²) >= 11 is 6.00. The molecule has 1 fully saturated rings. The molecule has 1 aliphatic heterocycles. The van der Waals surface area contributed by atoms with E-state index in [1.165, 1.54) is 25.9 Å². The van der Waals surface area contributed by atoms with Gasteiger partial charge in [-0.2, -0.15) is 0 Å². The third-order valence-corrected chi connectivity index (χ3v) is 3.90. The van der Waals surface area contributed by atoms with Crippen molar-refractivity contribution >= 4 is 17.3 Å². The Kier molecular flexibility index (Phi) is 4.72. The number of benzene rings is 1. The first-order valence-corrected chi connectivity index (χ1v) is 6.83. The first kappa shape index (κ1) is 13.5. The van der Waals surface area contributed by atoms with E-state index in [9.17, 15) is 0 Å². The average molecular weight is 269 g/mol. The maximum absolute atomic E-state index is 6.00. The minimum absolute atomic E-state index is 0.655. The number of rotatable bonds is 4. The number of ether oxygens (including phenoxy) is 1. The van der Waals surface area contributed by atoms with Crippen molar-refractivity contribution in [2.45, 2.75) is 12.8 Å². The molecule has 1 heterocycles. The number of nitrogens with one attached hydrogen (secondary N) is 1. The zero-order chi connectivity index (χ0) is 13.0. The maximum atomic E-state index is 6.00. The van der Waals surface area contributed by atoms with Gasteiger partial charge in [-0.1, -0.05) is 11.6 Å². The van der Waals surface area contributed by atoms with Gasteiger partial charge in [-0.3, -0.25) is 0 Å². The fourth-order valence-corrected chi connectivity index (χ4v) is 2.49. The first-order chi connectivity index (χ1) is 8.69. The molecule has 0 bridgehead atoms. The second-order valence-corrected chi connectivity index (χ2v) is 5.38. The van der Waals surface area contributed by atoms with Crippen molar-refractivity contribution in [2.24, 2.45) is 5.92 Å². The largest absolute Gasteiger partial charge is 0.495 e. The summed E-state index contributed by atoms with van der Waals surface area (Å²) in [4.78, 5) is 2.39. The molecule has 100 valence electrons. The van der Waals surface area contributed by atoms with Crippen LogP contribution >= 0.6 is 11.6 Å². The molecular formula is C14H21ClN2O. The SMILES string of the molecule is COc1cc(NCC2CCN(C)CC2)ccc1Cl. The van der Waals surface area contributed by atoms with E-state index in [1.54, 1.807) is 7.11 Å². The molecule has 1 aliphatic rings. The minimum Gasteiger partial charge on any atom is -0.495 e. The highest BCUT2D eigenvalue weighted by atomic mass is 35.5. The highest BCUT2D eigenvalue weighted by Crippen LogP contribution is 2.27. The third-order valence-electron chi connectivity index (χ3n) is 3.58. The number of methoxy groups -OCH3 is 1. The van der Waals surface area contributed by atoms with Gasteiger partial charge in [0.25, 0.3) is 0 Å². The Morgan fingerprint density at radius 2 is 2.11 bits per heavy atom. The van der Waals surface area contributed by atoms with Gasteiger partial charge >= 0.3 is 0 Å². The zero-order valence-corrected chi connectivity index (χ0v) is 11.8. The highest BCUT2D eigenvalue weighted by molar-refractivity contribution is 6.32. The summed E-state index contributed by atoms with van der Waals surface area (Å²) in [6.07, 6.45) is 2.54. The molecule has 1 saturated heterocycles. The summed E-state index contributed by atoms with van der Waals surface area (Å²) in [5.74, 6) is 1.49. The predicted molar refractivity (Wildman–Crippen MR) is 76.7 cm³/mol. The molecule has 18 heavy (non-hydrogen) atoms. The summed E-state index contributed by atoms with van der Waals surface area (Å²) in [5, 5.41) is 4.13. The standard InChI is InChI=1S/C14H21ClN2O/c1-17-7-5-11(6-8-17)10-16-12-3-4-13(15)14(9-12)18-2/h3-4,9,11,16H,5-8,10H2,1-2H3. The summed E-state index contributed by atoms with van der Waals surface area (Å²) in [7, 11) is 3.83. The van der Waals surface area contributed by atoms with Gasteiger partial charge in [0.1, 0.15) is 5.75 Å². The molecule has 0 aromatic heterocycles. The van der Waals surface area contributed by atoms with Crippen LogP contribution in [0.4, 0.5) is 5.69 Å². The Hall–Kier alpha value is -0.930. The molecule has 4 heteroatoms. The molecule has 1 N–H and O–H groups in total. The van der Waals surface area contributed by atoms with Crippen LogP contribution in [-0.4, -0.2) is 38.7 Å². The monoisotopic (exact) mass is 268 g/mol. The summed E-state index contributed by atoms with van der Waals surface area (Å²) in [6.45, 7) is 3.44. The lowest BCUT2D eigenvalue weighted by Gasteiger charge is -2.29. The maximum Gasteiger partial charge on any atom is 0.139 e. The lowest BCUT2D eigenvalue weighted by molar-refractivity contribution is 0.226. The second-order valence-electron chi connectivity index (χ2n) is 4.98. The van der Waals surface area contributed by atoms with E-state index in [0.717, 1.165) is 23.9 Å². The van der Waals surface area contributed by atoms with Gasteiger partial charge in [-0.25, -0.2) is 0 Å². The van der Waals surface area contributed by atoms with Crippen LogP contribution in [0.15, 0.2) is 18.2 Å². The van der Waals surface area contributed by atoms with Crippen molar-refractivity contribution < 1.29 is 4.74 Å². The summed E-state index contributed by atoms with van der Waals surface area (Å²) < 4.78 is 5.21. The molecule has 0 unspecified atom stereocenters. The van der Waals surface area contributed by atoms with Gasteiger partial charge in [0.15, 0.2) is 0 Å². The van der Waals surface area contributed by atoms with E-state index in [4.69, 9.17) is 16.3 Å². The van der Waals surface area contributed by atoms with Crippen molar-refractivity contribution in [3.63, 3.8) is 0 Å². The molecule has 3 nitrogen and oxygen atoms in total. The minimum atomic E-state index is 0.655.